The van der Waals surface area contributed by atoms with Crippen LogP contribution in [0.2, 0.25) is 0 Å². The minimum Gasteiger partial charge on any atom is -0.472 e. The quantitative estimate of drug-likeness (QED) is 0.881. The zero-order valence-electron chi connectivity index (χ0n) is 13.2. The van der Waals surface area contributed by atoms with Gasteiger partial charge in [-0.05, 0) is 43.7 Å². The second-order valence-corrected chi connectivity index (χ2v) is 6.37. The molecule has 1 aliphatic carbocycles. The Kier molecular flexibility index (Phi) is 3.74. The van der Waals surface area contributed by atoms with Crippen LogP contribution >= 0.6 is 0 Å². The zero-order valence-corrected chi connectivity index (χ0v) is 13.2. The highest BCUT2D eigenvalue weighted by molar-refractivity contribution is 6.04. The molecule has 0 spiro atoms. The lowest BCUT2D eigenvalue weighted by molar-refractivity contribution is 0.0129. The van der Waals surface area contributed by atoms with Crippen LogP contribution in [0.1, 0.15) is 51.7 Å². The van der Waals surface area contributed by atoms with Gasteiger partial charge in [0.25, 0.3) is 5.91 Å². The molecule has 122 valence electrons. The summed E-state index contributed by atoms with van der Waals surface area (Å²) in [6.45, 7) is 3.27. The zero-order chi connectivity index (χ0) is 17.5. The van der Waals surface area contributed by atoms with E-state index in [0.29, 0.717) is 22.3 Å². The first-order valence-electron chi connectivity index (χ1n) is 7.46. The Hall–Kier alpha value is -2.91. The Morgan fingerprint density at radius 1 is 1.38 bits per heavy atom. The Morgan fingerprint density at radius 2 is 2.12 bits per heavy atom. The van der Waals surface area contributed by atoms with Gasteiger partial charge in [-0.1, -0.05) is 0 Å². The van der Waals surface area contributed by atoms with E-state index in [0.717, 1.165) is 0 Å². The molecule has 1 aliphatic rings. The number of carbonyl (C=O) groups excluding carboxylic acids is 2. The summed E-state index contributed by atoms with van der Waals surface area (Å²) in [7, 11) is 0. The highest BCUT2D eigenvalue weighted by Crippen LogP contribution is 2.41. The number of rotatable bonds is 2. The third-order valence-corrected chi connectivity index (χ3v) is 4.47. The van der Waals surface area contributed by atoms with Gasteiger partial charge in [0.15, 0.2) is 5.78 Å². The summed E-state index contributed by atoms with van der Waals surface area (Å²) in [6.07, 6.45) is 1.55. The molecule has 1 aromatic heterocycles. The molecule has 2 N–H and O–H groups in total. The van der Waals surface area contributed by atoms with Crippen molar-refractivity contribution in [3.63, 3.8) is 0 Å². The number of nitriles is 1. The van der Waals surface area contributed by atoms with Crippen LogP contribution in [0, 0.1) is 16.7 Å². The number of furan rings is 1. The molecule has 0 saturated heterocycles. The molecule has 2 unspecified atom stereocenters. The predicted molar refractivity (Wildman–Crippen MR) is 84.2 cm³/mol. The lowest BCUT2D eigenvalue weighted by atomic mass is 9.68. The van der Waals surface area contributed by atoms with Gasteiger partial charge >= 0.3 is 0 Å². The van der Waals surface area contributed by atoms with Gasteiger partial charge < -0.3 is 14.8 Å². The van der Waals surface area contributed by atoms with E-state index in [9.17, 15) is 14.7 Å². The van der Waals surface area contributed by atoms with Crippen LogP contribution in [-0.4, -0.2) is 22.9 Å². The van der Waals surface area contributed by atoms with E-state index in [1.165, 1.54) is 24.7 Å². The first-order chi connectivity index (χ1) is 11.4. The van der Waals surface area contributed by atoms with Crippen molar-refractivity contribution < 1.29 is 19.1 Å². The fourth-order valence-corrected chi connectivity index (χ4v) is 2.94. The van der Waals surface area contributed by atoms with Crippen LogP contribution < -0.4 is 5.32 Å². The molecular weight excluding hydrogens is 308 g/mol. The topological polar surface area (TPSA) is 103 Å². The number of Topliss-reactive ketones (excluding diaryl/α,β-unsaturated/α-hetero) is 1. The molecule has 6 nitrogen and oxygen atoms in total. The number of hydrogen-bond acceptors (Lipinski definition) is 5. The van der Waals surface area contributed by atoms with Crippen molar-refractivity contribution in [3.05, 3.63) is 59.0 Å². The Labute approximate surface area is 138 Å². The number of aliphatic hydroxyl groups excluding tert-OH is 1. The van der Waals surface area contributed by atoms with Crippen molar-refractivity contribution in [3.8, 4) is 6.07 Å². The molecule has 1 amide bonds. The normalized spacial score (nSPS) is 21.7. The van der Waals surface area contributed by atoms with Crippen LogP contribution in [-0.2, 0) is 0 Å². The average molecular weight is 324 g/mol. The molecule has 2 aromatic rings. The standard InChI is InChI=1S/C18H16N2O4/c1-18(2)15(21)12-4-3-10(8-19)7-13(12)14(16(18)22)20-17(23)11-5-6-24-9-11/h3-7,9,14,16,22H,1-2H3,(H,20,23). The van der Waals surface area contributed by atoms with Crippen LogP contribution in [0.4, 0.5) is 0 Å². The summed E-state index contributed by atoms with van der Waals surface area (Å²) < 4.78 is 4.90. The number of nitrogens with zero attached hydrogens (tertiary/aromatic N) is 1. The van der Waals surface area contributed by atoms with Crippen molar-refractivity contribution >= 4 is 11.7 Å². The highest BCUT2D eigenvalue weighted by atomic mass is 16.3. The van der Waals surface area contributed by atoms with Gasteiger partial charge in [-0.25, -0.2) is 0 Å². The van der Waals surface area contributed by atoms with Crippen LogP contribution in [0.3, 0.4) is 0 Å². The molecule has 24 heavy (non-hydrogen) atoms. The number of aliphatic hydroxyl groups is 1. The van der Waals surface area contributed by atoms with Gasteiger partial charge in [0.2, 0.25) is 0 Å². The molecule has 2 atom stereocenters. The van der Waals surface area contributed by atoms with Crippen molar-refractivity contribution in [2.24, 2.45) is 5.41 Å². The maximum Gasteiger partial charge on any atom is 0.255 e. The number of fused-ring (bicyclic) bond motifs is 1. The summed E-state index contributed by atoms with van der Waals surface area (Å²) in [5, 5.41) is 22.5. The molecule has 6 heteroatoms. The second-order valence-electron chi connectivity index (χ2n) is 6.37. The lowest BCUT2D eigenvalue weighted by Crippen LogP contribution is -2.51. The van der Waals surface area contributed by atoms with E-state index in [1.807, 2.05) is 6.07 Å². The Bertz CT molecular complexity index is 846. The summed E-state index contributed by atoms with van der Waals surface area (Å²) in [6, 6.07) is 7.37. The summed E-state index contributed by atoms with van der Waals surface area (Å²) in [4.78, 5) is 25.0. The minimum atomic E-state index is -1.12. The van der Waals surface area contributed by atoms with Gasteiger partial charge in [-0.2, -0.15) is 5.26 Å². The minimum absolute atomic E-state index is 0.219. The lowest BCUT2D eigenvalue weighted by Gasteiger charge is -2.40. The predicted octanol–water partition coefficient (Wildman–Crippen LogP) is 2.21. The third-order valence-electron chi connectivity index (χ3n) is 4.47. The Balaban J connectivity index is 2.07. The van der Waals surface area contributed by atoms with Crippen LogP contribution in [0.5, 0.6) is 0 Å². The number of hydrogen-bond donors (Lipinski definition) is 2. The van der Waals surface area contributed by atoms with Crippen molar-refractivity contribution in [1.29, 1.82) is 5.26 Å². The van der Waals surface area contributed by atoms with E-state index in [1.54, 1.807) is 26.0 Å². The largest absolute Gasteiger partial charge is 0.472 e. The molecule has 1 heterocycles. The van der Waals surface area contributed by atoms with Gasteiger partial charge in [-0.3, -0.25) is 9.59 Å². The Morgan fingerprint density at radius 3 is 2.75 bits per heavy atom. The van der Waals surface area contributed by atoms with Gasteiger partial charge in [-0.15, -0.1) is 0 Å². The molecule has 0 bridgehead atoms. The molecule has 1 aromatic carbocycles. The third kappa shape index (κ3) is 2.39. The summed E-state index contributed by atoms with van der Waals surface area (Å²) in [5.74, 6) is -0.644. The molecule has 0 radical (unpaired) electrons. The van der Waals surface area contributed by atoms with Gasteiger partial charge in [0.05, 0.1) is 41.0 Å². The van der Waals surface area contributed by atoms with Crippen molar-refractivity contribution in [1.82, 2.24) is 5.32 Å². The first-order valence-corrected chi connectivity index (χ1v) is 7.46. The summed E-state index contributed by atoms with van der Waals surface area (Å²) >= 11 is 0. The number of carbonyl (C=O) groups is 2. The monoisotopic (exact) mass is 324 g/mol. The first kappa shape index (κ1) is 16.0. The fraction of sp³-hybridized carbons (Fsp3) is 0.278. The van der Waals surface area contributed by atoms with E-state index in [4.69, 9.17) is 9.68 Å². The van der Waals surface area contributed by atoms with Crippen molar-refractivity contribution in [2.45, 2.75) is 26.0 Å². The molecule has 0 fully saturated rings. The molecule has 0 saturated carbocycles. The SMILES string of the molecule is CC1(C)C(=O)c2ccc(C#N)cc2C(NC(=O)c2ccoc2)C1O. The molecule has 3 rings (SSSR count). The van der Waals surface area contributed by atoms with E-state index in [2.05, 4.69) is 5.32 Å². The van der Waals surface area contributed by atoms with E-state index < -0.39 is 23.5 Å². The van der Waals surface area contributed by atoms with Gasteiger partial charge in [0.1, 0.15) is 6.26 Å². The van der Waals surface area contributed by atoms with E-state index >= 15 is 0 Å². The van der Waals surface area contributed by atoms with E-state index in [-0.39, 0.29) is 5.78 Å². The number of amides is 1. The second kappa shape index (κ2) is 5.62. The smallest absolute Gasteiger partial charge is 0.255 e. The average Bonchev–Trinajstić information content (AvgIpc) is 3.11. The number of benzene rings is 1. The molecular formula is C18H16N2O4. The van der Waals surface area contributed by atoms with Crippen molar-refractivity contribution in [2.75, 3.05) is 0 Å². The number of ketones is 1. The van der Waals surface area contributed by atoms with Gasteiger partial charge in [0, 0.05) is 5.56 Å². The number of nitrogens with one attached hydrogen (secondary N) is 1. The van der Waals surface area contributed by atoms with Crippen LogP contribution in [0.15, 0.2) is 41.2 Å². The highest BCUT2D eigenvalue weighted by Gasteiger charge is 2.47. The fourth-order valence-electron chi connectivity index (χ4n) is 2.94. The maximum absolute atomic E-state index is 12.6. The maximum atomic E-state index is 12.6. The summed E-state index contributed by atoms with van der Waals surface area (Å²) in [5.41, 5.74) is 0.464. The van der Waals surface area contributed by atoms with Crippen LogP contribution in [0.25, 0.3) is 0 Å². The molecule has 0 aliphatic heterocycles.